The van der Waals surface area contributed by atoms with Crippen molar-refractivity contribution in [3.63, 3.8) is 0 Å². The number of amides is 1. The molecule has 2 fully saturated rings. The third kappa shape index (κ3) is 4.13. The zero-order chi connectivity index (χ0) is 18.0. The molecule has 1 aliphatic carbocycles. The van der Waals surface area contributed by atoms with Crippen LogP contribution in [0.4, 0.5) is 0 Å². The number of rotatable bonds is 6. The second-order valence-electron chi connectivity index (χ2n) is 6.64. The van der Waals surface area contributed by atoms with Gasteiger partial charge in [0.15, 0.2) is 0 Å². The van der Waals surface area contributed by atoms with Crippen LogP contribution in [0.2, 0.25) is 0 Å². The lowest BCUT2D eigenvalue weighted by atomic mass is 10.0. The maximum Gasteiger partial charge on any atom is 0.253 e. The van der Waals surface area contributed by atoms with Crippen molar-refractivity contribution in [2.75, 3.05) is 27.2 Å². The Bertz CT molecular complexity index is 746. The maximum absolute atomic E-state index is 12.8. The van der Waals surface area contributed by atoms with Gasteiger partial charge in [-0.15, -0.1) is 0 Å². The van der Waals surface area contributed by atoms with Crippen molar-refractivity contribution in [3.8, 4) is 5.75 Å². The number of piperidine rings is 1. The molecule has 1 aromatic carbocycles. The Labute approximate surface area is 148 Å². The minimum atomic E-state index is -3.70. The summed E-state index contributed by atoms with van der Waals surface area (Å²) in [6, 6.07) is 4.87. The van der Waals surface area contributed by atoms with Gasteiger partial charge in [0.05, 0.1) is 7.11 Å². The smallest absolute Gasteiger partial charge is 0.253 e. The summed E-state index contributed by atoms with van der Waals surface area (Å²) in [5, 5.41) is 3.20. The van der Waals surface area contributed by atoms with E-state index >= 15 is 0 Å². The molecule has 3 rings (SSSR count). The average Bonchev–Trinajstić information content (AvgIpc) is 3.43. The van der Waals surface area contributed by atoms with E-state index in [0.29, 0.717) is 18.7 Å². The Morgan fingerprint density at radius 1 is 1.24 bits per heavy atom. The zero-order valence-corrected chi connectivity index (χ0v) is 15.4. The number of hydrogen-bond acceptors (Lipinski definition) is 5. The fourth-order valence-electron chi connectivity index (χ4n) is 3.08. The second kappa shape index (κ2) is 7.31. The standard InChI is InChI=1S/C17H25N3O4S/c1-18-14-4-3-9-20(11-14)17(21)12-5-8-15(24-2)16(10-12)25(22,23)19-13-6-7-13/h5,8,10,13-14,18-19H,3-4,6-7,9,11H2,1-2H3. The van der Waals surface area contributed by atoms with Crippen LogP contribution in [-0.2, 0) is 10.0 Å². The molecule has 0 spiro atoms. The minimum absolute atomic E-state index is 0.00690. The number of benzene rings is 1. The zero-order valence-electron chi connectivity index (χ0n) is 14.6. The lowest BCUT2D eigenvalue weighted by molar-refractivity contribution is 0.0698. The molecule has 1 saturated carbocycles. The summed E-state index contributed by atoms with van der Waals surface area (Å²) in [6.45, 7) is 1.31. The molecule has 1 aliphatic heterocycles. The van der Waals surface area contributed by atoms with E-state index in [2.05, 4.69) is 10.0 Å². The Balaban J connectivity index is 1.87. The number of nitrogens with one attached hydrogen (secondary N) is 2. The third-order valence-corrected chi connectivity index (χ3v) is 6.26. The van der Waals surface area contributed by atoms with Crippen LogP contribution < -0.4 is 14.8 Å². The Hall–Kier alpha value is -1.64. The quantitative estimate of drug-likeness (QED) is 0.782. The Morgan fingerprint density at radius 2 is 2.00 bits per heavy atom. The van der Waals surface area contributed by atoms with Crippen molar-refractivity contribution >= 4 is 15.9 Å². The molecule has 7 nitrogen and oxygen atoms in total. The normalized spacial score (nSPS) is 21.2. The summed E-state index contributed by atoms with van der Waals surface area (Å²) in [6.07, 6.45) is 3.66. The number of ether oxygens (including phenoxy) is 1. The van der Waals surface area contributed by atoms with Crippen LogP contribution in [0, 0.1) is 0 Å². The van der Waals surface area contributed by atoms with Gasteiger partial charge in [-0.3, -0.25) is 4.79 Å². The summed E-state index contributed by atoms with van der Waals surface area (Å²) < 4.78 is 33.0. The second-order valence-corrected chi connectivity index (χ2v) is 8.32. The lowest BCUT2D eigenvalue weighted by Gasteiger charge is -2.32. The molecule has 1 heterocycles. The molecule has 2 aliphatic rings. The number of methoxy groups -OCH3 is 1. The number of carbonyl (C=O) groups excluding carboxylic acids is 1. The molecule has 1 saturated heterocycles. The van der Waals surface area contributed by atoms with Crippen molar-refractivity contribution in [1.29, 1.82) is 0 Å². The molecule has 138 valence electrons. The van der Waals surface area contributed by atoms with Gasteiger partial charge in [-0.05, 0) is 50.9 Å². The average molecular weight is 367 g/mol. The first-order valence-corrected chi connectivity index (χ1v) is 10.1. The van der Waals surface area contributed by atoms with Gasteiger partial charge in [-0.2, -0.15) is 0 Å². The number of likely N-dealkylation sites (N-methyl/N-ethyl adjacent to an activating group) is 1. The van der Waals surface area contributed by atoms with E-state index in [9.17, 15) is 13.2 Å². The highest BCUT2D eigenvalue weighted by atomic mass is 32.2. The summed E-state index contributed by atoms with van der Waals surface area (Å²) in [7, 11) is -0.385. The Kier molecular flexibility index (Phi) is 5.31. The number of likely N-dealkylation sites (tertiary alicyclic amines) is 1. The van der Waals surface area contributed by atoms with Gasteiger partial charge >= 0.3 is 0 Å². The highest BCUT2D eigenvalue weighted by Crippen LogP contribution is 2.29. The van der Waals surface area contributed by atoms with E-state index in [1.165, 1.54) is 13.2 Å². The van der Waals surface area contributed by atoms with Crippen LogP contribution in [0.1, 0.15) is 36.0 Å². The van der Waals surface area contributed by atoms with Crippen molar-refractivity contribution < 1.29 is 17.9 Å². The van der Waals surface area contributed by atoms with Crippen LogP contribution in [0.25, 0.3) is 0 Å². The van der Waals surface area contributed by atoms with Gasteiger partial charge < -0.3 is 15.0 Å². The number of carbonyl (C=O) groups is 1. The summed E-state index contributed by atoms with van der Waals surface area (Å²) in [5.74, 6) is 0.0990. The highest BCUT2D eigenvalue weighted by molar-refractivity contribution is 7.89. The fraction of sp³-hybridized carbons (Fsp3) is 0.588. The topological polar surface area (TPSA) is 87.7 Å². The van der Waals surface area contributed by atoms with Gasteiger partial charge in [0.25, 0.3) is 5.91 Å². The number of sulfonamides is 1. The van der Waals surface area contributed by atoms with Crippen LogP contribution in [-0.4, -0.2) is 58.6 Å². The predicted molar refractivity (Wildman–Crippen MR) is 94.3 cm³/mol. The SMILES string of the molecule is CNC1CCCN(C(=O)c2ccc(OC)c(S(=O)(=O)NC3CC3)c2)C1. The lowest BCUT2D eigenvalue weighted by Crippen LogP contribution is -2.47. The van der Waals surface area contributed by atoms with Gasteiger partial charge in [0, 0.05) is 30.7 Å². The molecule has 1 amide bonds. The molecule has 8 heteroatoms. The predicted octanol–water partition coefficient (Wildman–Crippen LogP) is 0.960. The maximum atomic E-state index is 12.8. The first-order valence-electron chi connectivity index (χ1n) is 8.61. The van der Waals surface area contributed by atoms with Crippen LogP contribution in [0.3, 0.4) is 0 Å². The van der Waals surface area contributed by atoms with Crippen LogP contribution in [0.15, 0.2) is 23.1 Å². The minimum Gasteiger partial charge on any atom is -0.495 e. The number of hydrogen-bond donors (Lipinski definition) is 2. The van der Waals surface area contributed by atoms with Gasteiger partial charge in [0.1, 0.15) is 10.6 Å². The molecule has 0 radical (unpaired) electrons. The molecule has 2 N–H and O–H groups in total. The van der Waals surface area contributed by atoms with Gasteiger partial charge in [-0.1, -0.05) is 0 Å². The monoisotopic (exact) mass is 367 g/mol. The molecular weight excluding hydrogens is 342 g/mol. The summed E-state index contributed by atoms with van der Waals surface area (Å²) >= 11 is 0. The largest absolute Gasteiger partial charge is 0.495 e. The van der Waals surface area contributed by atoms with Crippen LogP contribution >= 0.6 is 0 Å². The molecule has 25 heavy (non-hydrogen) atoms. The third-order valence-electron chi connectivity index (χ3n) is 4.72. The first-order chi connectivity index (χ1) is 11.9. The molecule has 1 aromatic rings. The first kappa shape index (κ1) is 18.2. The van der Waals surface area contributed by atoms with E-state index in [1.54, 1.807) is 17.0 Å². The van der Waals surface area contributed by atoms with Crippen molar-refractivity contribution in [2.24, 2.45) is 0 Å². The van der Waals surface area contributed by atoms with Gasteiger partial charge in [0.2, 0.25) is 10.0 Å². The van der Waals surface area contributed by atoms with E-state index < -0.39 is 10.0 Å². The molecule has 0 bridgehead atoms. The summed E-state index contributed by atoms with van der Waals surface area (Å²) in [4.78, 5) is 14.6. The molecule has 1 unspecified atom stereocenters. The van der Waals surface area contributed by atoms with Gasteiger partial charge in [-0.25, -0.2) is 13.1 Å². The van der Waals surface area contributed by atoms with Crippen molar-refractivity contribution in [2.45, 2.75) is 42.7 Å². The molecule has 0 aromatic heterocycles. The van der Waals surface area contributed by atoms with E-state index in [-0.39, 0.29) is 28.6 Å². The Morgan fingerprint density at radius 3 is 2.64 bits per heavy atom. The van der Waals surface area contributed by atoms with Crippen molar-refractivity contribution in [3.05, 3.63) is 23.8 Å². The van der Waals surface area contributed by atoms with E-state index in [0.717, 1.165) is 25.7 Å². The van der Waals surface area contributed by atoms with E-state index in [1.807, 2.05) is 7.05 Å². The number of nitrogens with zero attached hydrogens (tertiary/aromatic N) is 1. The highest BCUT2D eigenvalue weighted by Gasteiger charge is 2.31. The van der Waals surface area contributed by atoms with Crippen molar-refractivity contribution in [1.82, 2.24) is 14.9 Å². The molecular formula is C17H25N3O4S. The van der Waals surface area contributed by atoms with Crippen LogP contribution in [0.5, 0.6) is 5.75 Å². The molecule has 1 atom stereocenters. The van der Waals surface area contributed by atoms with E-state index in [4.69, 9.17) is 4.74 Å². The fourth-order valence-corrected chi connectivity index (χ4v) is 4.58. The summed E-state index contributed by atoms with van der Waals surface area (Å²) in [5.41, 5.74) is 0.369.